The lowest BCUT2D eigenvalue weighted by Crippen LogP contribution is -2.13. The summed E-state index contributed by atoms with van der Waals surface area (Å²) in [6.45, 7) is 0. The first-order valence-corrected chi connectivity index (χ1v) is 9.80. The zero-order valence-electron chi connectivity index (χ0n) is 14.2. The van der Waals surface area contributed by atoms with Gasteiger partial charge in [0, 0.05) is 11.1 Å². The lowest BCUT2D eigenvalue weighted by Gasteiger charge is -2.14. The zero-order chi connectivity index (χ0) is 18.9. The molecule has 2 N–H and O–H groups in total. The van der Waals surface area contributed by atoms with Crippen molar-refractivity contribution < 1.29 is 12.8 Å². The molecule has 0 radical (unpaired) electrons. The number of hydrogen-bond donors (Lipinski definition) is 1. The quantitative estimate of drug-likeness (QED) is 0.574. The summed E-state index contributed by atoms with van der Waals surface area (Å²) in [5.41, 5.74) is 3.93. The van der Waals surface area contributed by atoms with Crippen LogP contribution in [0, 0.1) is 0 Å². The highest BCUT2D eigenvalue weighted by molar-refractivity contribution is 7.89. The number of rotatable bonds is 4. The fraction of sp³-hybridized carbons (Fsp3) is 0. The minimum absolute atomic E-state index is 0.0889. The number of sulfonamides is 1. The number of hydrogen-bond acceptors (Lipinski definition) is 4. The number of oxazole rings is 1. The number of nitrogens with two attached hydrogens (primary N) is 1. The highest BCUT2D eigenvalue weighted by Crippen LogP contribution is 2.37. The molecule has 0 aliphatic heterocycles. The van der Waals surface area contributed by atoms with Crippen molar-refractivity contribution in [2.24, 2.45) is 5.14 Å². The van der Waals surface area contributed by atoms with E-state index in [4.69, 9.17) is 9.56 Å². The van der Waals surface area contributed by atoms with E-state index < -0.39 is 10.0 Å². The maximum atomic E-state index is 12.1. The van der Waals surface area contributed by atoms with Crippen molar-refractivity contribution in [1.82, 2.24) is 4.98 Å². The van der Waals surface area contributed by atoms with E-state index in [2.05, 4.69) is 4.98 Å². The second-order valence-electron chi connectivity index (χ2n) is 6.00. The molecule has 0 atom stereocenters. The van der Waals surface area contributed by atoms with E-state index in [0.29, 0.717) is 11.5 Å². The maximum Gasteiger partial charge on any atom is 0.238 e. The molecule has 0 unspecified atom stereocenters. The van der Waals surface area contributed by atoms with Crippen molar-refractivity contribution in [1.29, 1.82) is 0 Å². The molecule has 0 saturated carbocycles. The van der Waals surface area contributed by atoms with Crippen molar-refractivity contribution in [3.8, 4) is 33.7 Å². The molecule has 0 saturated heterocycles. The Kier molecular flexibility index (Phi) is 4.35. The van der Waals surface area contributed by atoms with Gasteiger partial charge in [-0.05, 0) is 34.9 Å². The Hall–Kier alpha value is -3.22. The summed E-state index contributed by atoms with van der Waals surface area (Å²) in [4.78, 5) is 4.29. The van der Waals surface area contributed by atoms with Gasteiger partial charge in [0.2, 0.25) is 15.9 Å². The molecule has 3 aromatic carbocycles. The Labute approximate surface area is 157 Å². The molecule has 4 rings (SSSR count). The van der Waals surface area contributed by atoms with E-state index in [-0.39, 0.29) is 4.90 Å². The first-order chi connectivity index (χ1) is 13.0. The summed E-state index contributed by atoms with van der Waals surface area (Å²) in [6.07, 6.45) is 3.10. The molecule has 0 spiro atoms. The minimum atomic E-state index is -3.86. The lowest BCUT2D eigenvalue weighted by molar-refractivity contribution is 0.574. The highest BCUT2D eigenvalue weighted by atomic mass is 32.2. The van der Waals surface area contributed by atoms with Crippen LogP contribution in [-0.4, -0.2) is 13.4 Å². The third-order valence-corrected chi connectivity index (χ3v) is 5.24. The van der Waals surface area contributed by atoms with Crippen LogP contribution in [0.4, 0.5) is 0 Å². The Morgan fingerprint density at radius 1 is 0.778 bits per heavy atom. The van der Waals surface area contributed by atoms with Gasteiger partial charge < -0.3 is 4.42 Å². The smallest absolute Gasteiger partial charge is 0.238 e. The molecule has 0 aliphatic rings. The molecule has 0 amide bonds. The van der Waals surface area contributed by atoms with Gasteiger partial charge in [-0.3, -0.25) is 0 Å². The summed E-state index contributed by atoms with van der Waals surface area (Å²) >= 11 is 0. The van der Waals surface area contributed by atoms with Crippen LogP contribution in [0.15, 0.2) is 94.6 Å². The molecule has 134 valence electrons. The van der Waals surface area contributed by atoms with Gasteiger partial charge >= 0.3 is 0 Å². The lowest BCUT2D eigenvalue weighted by atomic mass is 9.92. The van der Waals surface area contributed by atoms with Crippen molar-refractivity contribution in [2.75, 3.05) is 0 Å². The van der Waals surface area contributed by atoms with E-state index in [0.717, 1.165) is 22.3 Å². The fourth-order valence-corrected chi connectivity index (χ4v) is 3.82. The third-order valence-electron chi connectivity index (χ3n) is 4.27. The summed E-state index contributed by atoms with van der Waals surface area (Å²) in [5.74, 6) is 0.499. The number of aromatic nitrogens is 1. The number of nitrogens with zero attached hydrogens (tertiary/aromatic N) is 1. The van der Waals surface area contributed by atoms with Crippen molar-refractivity contribution in [2.45, 2.75) is 4.90 Å². The molecule has 4 aromatic rings. The average Bonchev–Trinajstić information content (AvgIpc) is 3.22. The predicted octanol–water partition coefficient (Wildman–Crippen LogP) is 4.32. The predicted molar refractivity (Wildman–Crippen MR) is 104 cm³/mol. The van der Waals surface area contributed by atoms with Gasteiger partial charge in [-0.25, -0.2) is 18.5 Å². The third kappa shape index (κ3) is 3.40. The van der Waals surface area contributed by atoms with Crippen LogP contribution >= 0.6 is 0 Å². The van der Waals surface area contributed by atoms with Crippen LogP contribution in [0.3, 0.4) is 0 Å². The molecular formula is C21H16N2O3S. The van der Waals surface area contributed by atoms with Gasteiger partial charge in [0.15, 0.2) is 0 Å². The topological polar surface area (TPSA) is 86.2 Å². The Morgan fingerprint density at radius 2 is 1.52 bits per heavy atom. The molecule has 0 bridgehead atoms. The van der Waals surface area contributed by atoms with Gasteiger partial charge in [0.05, 0.1) is 11.1 Å². The number of benzene rings is 3. The monoisotopic (exact) mass is 376 g/mol. The SMILES string of the molecule is NS(=O)(=O)c1ccccc1-c1ccc(-c2ncco2)cc1-c1ccccc1. The van der Waals surface area contributed by atoms with Gasteiger partial charge in [-0.15, -0.1) is 0 Å². The summed E-state index contributed by atoms with van der Waals surface area (Å²) < 4.78 is 29.6. The van der Waals surface area contributed by atoms with E-state index >= 15 is 0 Å². The van der Waals surface area contributed by atoms with Crippen LogP contribution in [-0.2, 0) is 10.0 Å². The number of primary sulfonamides is 1. The van der Waals surface area contributed by atoms with E-state index in [1.165, 1.54) is 12.3 Å². The van der Waals surface area contributed by atoms with Crippen LogP contribution in [0.2, 0.25) is 0 Å². The molecule has 5 nitrogen and oxygen atoms in total. The molecule has 0 fully saturated rings. The molecule has 6 heteroatoms. The molecular weight excluding hydrogens is 360 g/mol. The first-order valence-electron chi connectivity index (χ1n) is 8.25. The summed E-state index contributed by atoms with van der Waals surface area (Å²) in [5, 5.41) is 5.44. The van der Waals surface area contributed by atoms with Crippen LogP contribution in [0.25, 0.3) is 33.7 Å². The maximum absolute atomic E-state index is 12.1. The van der Waals surface area contributed by atoms with Crippen molar-refractivity contribution >= 4 is 10.0 Å². The van der Waals surface area contributed by atoms with Gasteiger partial charge in [-0.2, -0.15) is 0 Å². The van der Waals surface area contributed by atoms with E-state index in [1.807, 2.05) is 48.5 Å². The standard InChI is InChI=1S/C21H16N2O3S/c22-27(24,25)20-9-5-4-8-18(20)17-11-10-16(21-23-12-13-26-21)14-19(17)15-6-2-1-3-7-15/h1-14H,(H2,22,24,25). The second-order valence-corrected chi connectivity index (χ2v) is 7.53. The summed E-state index contributed by atoms with van der Waals surface area (Å²) in [7, 11) is -3.86. The second kappa shape index (κ2) is 6.83. The molecule has 1 heterocycles. The average molecular weight is 376 g/mol. The normalized spacial score (nSPS) is 11.4. The largest absolute Gasteiger partial charge is 0.445 e. The highest BCUT2D eigenvalue weighted by Gasteiger charge is 2.18. The summed E-state index contributed by atoms with van der Waals surface area (Å²) in [6, 6.07) is 22.1. The van der Waals surface area contributed by atoms with Crippen molar-refractivity contribution in [3.05, 3.63) is 85.3 Å². The van der Waals surface area contributed by atoms with Gasteiger partial charge in [0.25, 0.3) is 0 Å². The first kappa shape index (κ1) is 17.2. The van der Waals surface area contributed by atoms with Crippen LogP contribution in [0.1, 0.15) is 0 Å². The molecule has 0 aliphatic carbocycles. The van der Waals surface area contributed by atoms with Gasteiger partial charge in [-0.1, -0.05) is 54.6 Å². The minimum Gasteiger partial charge on any atom is -0.445 e. The Morgan fingerprint density at radius 3 is 2.22 bits per heavy atom. The van der Waals surface area contributed by atoms with Crippen LogP contribution < -0.4 is 5.14 Å². The fourth-order valence-electron chi connectivity index (χ4n) is 3.07. The van der Waals surface area contributed by atoms with Crippen molar-refractivity contribution in [3.63, 3.8) is 0 Å². The van der Waals surface area contributed by atoms with Crippen LogP contribution in [0.5, 0.6) is 0 Å². The molecule has 1 aromatic heterocycles. The Bertz CT molecular complexity index is 1190. The van der Waals surface area contributed by atoms with Gasteiger partial charge in [0.1, 0.15) is 6.26 Å². The Balaban J connectivity index is 2.00. The van der Waals surface area contributed by atoms with E-state index in [1.54, 1.807) is 24.4 Å². The molecule has 27 heavy (non-hydrogen) atoms. The zero-order valence-corrected chi connectivity index (χ0v) is 15.1. The van der Waals surface area contributed by atoms with E-state index in [9.17, 15) is 8.42 Å².